The molecular weight excluding hydrogens is 308 g/mol. The third-order valence-corrected chi connectivity index (χ3v) is 2.30. The summed E-state index contributed by atoms with van der Waals surface area (Å²) in [5.74, 6) is -2.37. The highest BCUT2D eigenvalue weighted by molar-refractivity contribution is 5.90. The molecule has 0 aromatic carbocycles. The summed E-state index contributed by atoms with van der Waals surface area (Å²) in [6.45, 7) is 0.462. The van der Waals surface area contributed by atoms with Crippen LogP contribution in [0.15, 0.2) is 0 Å². The van der Waals surface area contributed by atoms with Gasteiger partial charge in [-0.1, -0.05) is 0 Å². The first-order valence-corrected chi connectivity index (χ1v) is 6.81. The lowest BCUT2D eigenvalue weighted by Gasteiger charge is -2.08. The average molecular weight is 330 g/mol. The van der Waals surface area contributed by atoms with Gasteiger partial charge in [0.2, 0.25) is 29.5 Å². The minimum atomic E-state index is -0.573. The van der Waals surface area contributed by atoms with Gasteiger partial charge >= 0.3 is 0 Å². The Morgan fingerprint density at radius 3 is 1.30 bits per heavy atom. The van der Waals surface area contributed by atoms with E-state index in [1.807, 2.05) is 0 Å². The maximum atomic E-state index is 11.4. The maximum Gasteiger partial charge on any atom is 0.240 e. The first-order chi connectivity index (χ1) is 10.8. The van der Waals surface area contributed by atoms with Crippen LogP contribution in [0.25, 0.3) is 0 Å². The second-order valence-corrected chi connectivity index (χ2v) is 4.37. The molecule has 0 radical (unpaired) electrons. The predicted molar refractivity (Wildman–Crippen MR) is 79.8 cm³/mol. The number of hydrogen-bond acceptors (Lipinski definition) is 6. The number of carbonyl (C=O) groups is 5. The van der Waals surface area contributed by atoms with Gasteiger partial charge in [-0.05, 0) is 7.05 Å². The average Bonchev–Trinajstić information content (AvgIpc) is 2.52. The van der Waals surface area contributed by atoms with Crippen molar-refractivity contribution in [3.8, 4) is 0 Å². The summed E-state index contributed by atoms with van der Waals surface area (Å²) >= 11 is 0. The molecule has 0 atom stereocenters. The molecule has 11 heteroatoms. The molecule has 0 aliphatic heterocycles. The Kier molecular flexibility index (Phi) is 10.5. The van der Waals surface area contributed by atoms with Crippen LogP contribution >= 0.6 is 0 Å². The van der Waals surface area contributed by atoms with Gasteiger partial charge in [-0.25, -0.2) is 0 Å². The van der Waals surface area contributed by atoms with Crippen LogP contribution in [-0.2, 0) is 24.0 Å². The zero-order valence-corrected chi connectivity index (χ0v) is 13.1. The lowest BCUT2D eigenvalue weighted by molar-refractivity contribution is -0.129. The van der Waals surface area contributed by atoms with Crippen molar-refractivity contribution in [3.05, 3.63) is 0 Å². The Bertz CT molecular complexity index is 453. The van der Waals surface area contributed by atoms with E-state index in [4.69, 9.17) is 0 Å². The van der Waals surface area contributed by atoms with Crippen LogP contribution in [0.1, 0.15) is 6.92 Å². The van der Waals surface area contributed by atoms with Gasteiger partial charge in [0.15, 0.2) is 0 Å². The minimum absolute atomic E-state index is 0.205. The first-order valence-electron chi connectivity index (χ1n) is 6.81. The first kappa shape index (κ1) is 20.3. The lowest BCUT2D eigenvalue weighted by atomic mass is 10.4. The monoisotopic (exact) mass is 330 g/mol. The summed E-state index contributed by atoms with van der Waals surface area (Å²) in [5.41, 5.74) is 0. The summed E-state index contributed by atoms with van der Waals surface area (Å²) < 4.78 is 0. The molecule has 0 aromatic heterocycles. The number of nitrogens with one attached hydrogen (secondary N) is 6. The fourth-order valence-electron chi connectivity index (χ4n) is 1.18. The molecular formula is C12H22N6O5. The molecule has 130 valence electrons. The van der Waals surface area contributed by atoms with Crippen LogP contribution in [-0.4, -0.2) is 69.4 Å². The van der Waals surface area contributed by atoms with E-state index >= 15 is 0 Å². The minimum Gasteiger partial charge on any atom is -0.347 e. The number of rotatable bonds is 10. The van der Waals surface area contributed by atoms with Crippen molar-refractivity contribution in [1.82, 2.24) is 31.9 Å². The van der Waals surface area contributed by atoms with Gasteiger partial charge in [0, 0.05) is 6.92 Å². The van der Waals surface area contributed by atoms with Gasteiger partial charge < -0.3 is 31.9 Å². The molecule has 0 heterocycles. The summed E-state index contributed by atoms with van der Waals surface area (Å²) in [5, 5.41) is 14.3. The fourth-order valence-corrected chi connectivity index (χ4v) is 1.18. The zero-order valence-electron chi connectivity index (χ0n) is 13.1. The smallest absolute Gasteiger partial charge is 0.240 e. The van der Waals surface area contributed by atoms with E-state index in [1.54, 1.807) is 7.05 Å². The van der Waals surface area contributed by atoms with Crippen LogP contribution in [0.5, 0.6) is 0 Å². The molecule has 0 rings (SSSR count). The Labute approximate surface area is 133 Å². The molecule has 0 saturated heterocycles. The van der Waals surface area contributed by atoms with E-state index in [9.17, 15) is 24.0 Å². The Morgan fingerprint density at radius 2 is 0.957 bits per heavy atom. The number of carbonyl (C=O) groups excluding carboxylic acids is 5. The van der Waals surface area contributed by atoms with Gasteiger partial charge in [-0.3, -0.25) is 24.0 Å². The molecule has 0 unspecified atom stereocenters. The highest BCUT2D eigenvalue weighted by Gasteiger charge is 2.09. The third-order valence-electron chi connectivity index (χ3n) is 2.30. The van der Waals surface area contributed by atoms with E-state index in [2.05, 4.69) is 31.9 Å². The van der Waals surface area contributed by atoms with E-state index in [1.165, 1.54) is 6.92 Å². The van der Waals surface area contributed by atoms with Gasteiger partial charge in [-0.15, -0.1) is 0 Å². The van der Waals surface area contributed by atoms with Crippen molar-refractivity contribution in [2.24, 2.45) is 0 Å². The SMILES string of the molecule is CNCNC(=O)CNC(=O)CNC(=O)CNC(=O)CNC(C)=O. The highest BCUT2D eigenvalue weighted by Crippen LogP contribution is 1.71. The van der Waals surface area contributed by atoms with Crippen LogP contribution in [0.4, 0.5) is 0 Å². The van der Waals surface area contributed by atoms with Gasteiger partial charge in [0.25, 0.3) is 0 Å². The second-order valence-electron chi connectivity index (χ2n) is 4.37. The molecule has 0 aliphatic rings. The fraction of sp³-hybridized carbons (Fsp3) is 0.583. The lowest BCUT2D eigenvalue weighted by Crippen LogP contribution is -2.46. The topological polar surface area (TPSA) is 158 Å². The molecule has 6 N–H and O–H groups in total. The number of hydrogen-bond donors (Lipinski definition) is 6. The molecule has 23 heavy (non-hydrogen) atoms. The van der Waals surface area contributed by atoms with Crippen molar-refractivity contribution in [3.63, 3.8) is 0 Å². The van der Waals surface area contributed by atoms with Crippen molar-refractivity contribution in [2.75, 3.05) is 39.9 Å². The van der Waals surface area contributed by atoms with E-state index in [-0.39, 0.29) is 44.7 Å². The molecule has 5 amide bonds. The summed E-state index contributed by atoms with van der Waals surface area (Å²) in [4.78, 5) is 55.8. The van der Waals surface area contributed by atoms with Crippen molar-refractivity contribution in [2.45, 2.75) is 6.92 Å². The molecule has 0 spiro atoms. The predicted octanol–water partition coefficient (Wildman–Crippen LogP) is -4.24. The van der Waals surface area contributed by atoms with Crippen LogP contribution in [0.2, 0.25) is 0 Å². The molecule has 11 nitrogen and oxygen atoms in total. The molecule has 0 saturated carbocycles. The Balaban J connectivity index is 3.75. The quantitative estimate of drug-likeness (QED) is 0.223. The largest absolute Gasteiger partial charge is 0.347 e. The molecule has 0 aliphatic carbocycles. The third kappa shape index (κ3) is 12.7. The standard InChI is InChI=1S/C12H22N6O5/c1-8(19)14-3-9(20)15-4-10(21)16-5-11(22)17-6-12(23)18-7-13-2/h13H,3-7H2,1-2H3,(H,14,19)(H,15,20)(H,16,21)(H,17,22)(H,18,23). The van der Waals surface area contributed by atoms with Gasteiger partial charge in [0.05, 0.1) is 32.8 Å². The van der Waals surface area contributed by atoms with Crippen molar-refractivity contribution in [1.29, 1.82) is 0 Å². The molecule has 0 fully saturated rings. The number of amides is 5. The summed E-state index contributed by atoms with van der Waals surface area (Å²) in [6.07, 6.45) is 0. The maximum absolute atomic E-state index is 11.4. The van der Waals surface area contributed by atoms with Gasteiger partial charge in [-0.2, -0.15) is 0 Å². The van der Waals surface area contributed by atoms with Gasteiger partial charge in [0.1, 0.15) is 0 Å². The van der Waals surface area contributed by atoms with Crippen LogP contribution < -0.4 is 31.9 Å². The van der Waals surface area contributed by atoms with E-state index in [0.717, 1.165) is 0 Å². The van der Waals surface area contributed by atoms with Crippen molar-refractivity contribution < 1.29 is 24.0 Å². The normalized spacial score (nSPS) is 9.48. The zero-order chi connectivity index (χ0) is 17.7. The summed E-state index contributed by atoms with van der Waals surface area (Å²) in [6, 6.07) is 0. The van der Waals surface area contributed by atoms with Crippen LogP contribution in [0.3, 0.4) is 0 Å². The summed E-state index contributed by atoms with van der Waals surface area (Å²) in [7, 11) is 1.66. The molecule has 0 bridgehead atoms. The van der Waals surface area contributed by atoms with E-state index < -0.39 is 17.7 Å². The second kappa shape index (κ2) is 11.9. The van der Waals surface area contributed by atoms with E-state index in [0.29, 0.717) is 0 Å². The molecule has 0 aromatic rings. The van der Waals surface area contributed by atoms with Crippen LogP contribution in [0, 0.1) is 0 Å². The Hall–Kier alpha value is -2.69. The highest BCUT2D eigenvalue weighted by atomic mass is 16.2. The Morgan fingerprint density at radius 1 is 0.609 bits per heavy atom. The van der Waals surface area contributed by atoms with Crippen molar-refractivity contribution >= 4 is 29.5 Å².